The van der Waals surface area contributed by atoms with Gasteiger partial charge in [-0.25, -0.2) is 4.39 Å². The summed E-state index contributed by atoms with van der Waals surface area (Å²) >= 11 is 0. The zero-order valence-electron chi connectivity index (χ0n) is 9.70. The monoisotopic (exact) mass is 235 g/mol. The van der Waals surface area contributed by atoms with E-state index >= 15 is 0 Å². The van der Waals surface area contributed by atoms with Crippen molar-refractivity contribution < 1.29 is 13.9 Å². The highest BCUT2D eigenvalue weighted by Crippen LogP contribution is 2.16. The van der Waals surface area contributed by atoms with Crippen LogP contribution in [-0.4, -0.2) is 12.4 Å². The smallest absolute Gasteiger partial charge is 0.144 e. The predicted octanol–water partition coefficient (Wildman–Crippen LogP) is 2.84. The van der Waals surface area contributed by atoms with Gasteiger partial charge < -0.3 is 4.74 Å². The van der Waals surface area contributed by atoms with Crippen LogP contribution in [0, 0.1) is 17.1 Å². The largest absolute Gasteiger partial charge is 0.493 e. The number of carbonyl (C=O) groups is 1. The van der Waals surface area contributed by atoms with E-state index in [1.165, 1.54) is 12.1 Å². The van der Waals surface area contributed by atoms with Crippen molar-refractivity contribution in [3.8, 4) is 11.8 Å². The Kier molecular flexibility index (Phi) is 5.15. The molecule has 3 nitrogen and oxygen atoms in total. The first kappa shape index (κ1) is 13.2. The Morgan fingerprint density at radius 2 is 2.29 bits per heavy atom. The maximum Gasteiger partial charge on any atom is 0.144 e. The summed E-state index contributed by atoms with van der Waals surface area (Å²) < 4.78 is 18.5. The molecule has 0 spiro atoms. The fraction of sp³-hybridized carbons (Fsp3) is 0.385. The molecule has 4 heteroatoms. The van der Waals surface area contributed by atoms with E-state index < -0.39 is 5.82 Å². The van der Waals surface area contributed by atoms with Crippen LogP contribution in [0.25, 0.3) is 0 Å². The standard InChI is InChI=1S/C13H14FNO2/c1-2-11(16)4-3-7-17-12-6-5-10(9-15)13(14)8-12/h5-6,8H,2-4,7H2,1H3. The predicted molar refractivity (Wildman–Crippen MR) is 61.1 cm³/mol. The molecular formula is C13H14FNO2. The van der Waals surface area contributed by atoms with Crippen LogP contribution in [0.1, 0.15) is 31.7 Å². The Bertz CT molecular complexity index is 438. The minimum absolute atomic E-state index is 0.00138. The molecule has 0 saturated heterocycles. The molecule has 1 rings (SSSR count). The highest BCUT2D eigenvalue weighted by molar-refractivity contribution is 5.77. The fourth-order valence-corrected chi connectivity index (χ4v) is 1.31. The highest BCUT2D eigenvalue weighted by atomic mass is 19.1. The van der Waals surface area contributed by atoms with Crippen LogP contribution in [0.5, 0.6) is 5.75 Å². The van der Waals surface area contributed by atoms with Gasteiger partial charge in [0, 0.05) is 18.9 Å². The minimum atomic E-state index is -0.588. The molecule has 0 bridgehead atoms. The van der Waals surface area contributed by atoms with Gasteiger partial charge in [-0.1, -0.05) is 6.92 Å². The van der Waals surface area contributed by atoms with E-state index in [1.54, 1.807) is 12.1 Å². The Morgan fingerprint density at radius 3 is 2.88 bits per heavy atom. The molecule has 0 saturated carbocycles. The third-order valence-corrected chi connectivity index (χ3v) is 2.32. The van der Waals surface area contributed by atoms with Crippen molar-refractivity contribution in [2.24, 2.45) is 0 Å². The number of ether oxygens (including phenoxy) is 1. The number of carbonyl (C=O) groups excluding carboxylic acids is 1. The molecule has 0 aliphatic rings. The molecule has 1 aromatic carbocycles. The molecule has 0 radical (unpaired) electrons. The third kappa shape index (κ3) is 4.23. The van der Waals surface area contributed by atoms with E-state index in [0.717, 1.165) is 0 Å². The second-order valence-electron chi connectivity index (χ2n) is 3.60. The lowest BCUT2D eigenvalue weighted by molar-refractivity contribution is -0.118. The molecule has 0 aromatic heterocycles. The van der Waals surface area contributed by atoms with Crippen molar-refractivity contribution in [2.45, 2.75) is 26.2 Å². The number of ketones is 1. The van der Waals surface area contributed by atoms with Gasteiger partial charge in [0.15, 0.2) is 0 Å². The van der Waals surface area contributed by atoms with Gasteiger partial charge in [0.05, 0.1) is 12.2 Å². The molecule has 17 heavy (non-hydrogen) atoms. The Labute approximate surface area is 99.8 Å². The average Bonchev–Trinajstić information content (AvgIpc) is 2.34. The summed E-state index contributed by atoms with van der Waals surface area (Å²) in [6.07, 6.45) is 1.63. The van der Waals surface area contributed by atoms with E-state index in [2.05, 4.69) is 0 Å². The lowest BCUT2D eigenvalue weighted by Gasteiger charge is -2.05. The van der Waals surface area contributed by atoms with Gasteiger partial charge in [0.2, 0.25) is 0 Å². The molecular weight excluding hydrogens is 221 g/mol. The van der Waals surface area contributed by atoms with Gasteiger partial charge in [0.25, 0.3) is 0 Å². The van der Waals surface area contributed by atoms with Gasteiger partial charge >= 0.3 is 0 Å². The van der Waals surface area contributed by atoms with Crippen LogP contribution in [0.3, 0.4) is 0 Å². The minimum Gasteiger partial charge on any atom is -0.493 e. The van der Waals surface area contributed by atoms with Crippen molar-refractivity contribution in [1.82, 2.24) is 0 Å². The van der Waals surface area contributed by atoms with Crippen LogP contribution in [-0.2, 0) is 4.79 Å². The topological polar surface area (TPSA) is 50.1 Å². The van der Waals surface area contributed by atoms with Crippen molar-refractivity contribution in [3.05, 3.63) is 29.6 Å². The van der Waals surface area contributed by atoms with Gasteiger partial charge in [-0.15, -0.1) is 0 Å². The van der Waals surface area contributed by atoms with E-state index in [1.807, 2.05) is 6.92 Å². The second-order valence-corrected chi connectivity index (χ2v) is 3.60. The number of hydrogen-bond acceptors (Lipinski definition) is 3. The molecule has 0 N–H and O–H groups in total. The highest BCUT2D eigenvalue weighted by Gasteiger charge is 2.03. The summed E-state index contributed by atoms with van der Waals surface area (Å²) in [5.41, 5.74) is -0.00138. The SMILES string of the molecule is CCC(=O)CCCOc1ccc(C#N)c(F)c1. The number of rotatable bonds is 6. The second kappa shape index (κ2) is 6.64. The average molecular weight is 235 g/mol. The molecule has 0 unspecified atom stereocenters. The Hall–Kier alpha value is -1.89. The first-order valence-electron chi connectivity index (χ1n) is 5.51. The third-order valence-electron chi connectivity index (χ3n) is 2.32. The summed E-state index contributed by atoms with van der Waals surface area (Å²) in [7, 11) is 0. The van der Waals surface area contributed by atoms with Crippen LogP contribution >= 0.6 is 0 Å². The van der Waals surface area contributed by atoms with Gasteiger partial charge in [0.1, 0.15) is 23.4 Å². The molecule has 0 aliphatic heterocycles. The molecule has 1 aromatic rings. The zero-order valence-corrected chi connectivity index (χ0v) is 9.70. The Balaban J connectivity index is 2.40. The summed E-state index contributed by atoms with van der Waals surface area (Å²) in [6.45, 7) is 2.19. The summed E-state index contributed by atoms with van der Waals surface area (Å²) in [4.78, 5) is 11.0. The summed E-state index contributed by atoms with van der Waals surface area (Å²) in [5, 5.41) is 8.54. The van der Waals surface area contributed by atoms with Crippen molar-refractivity contribution in [2.75, 3.05) is 6.61 Å². The molecule has 0 aliphatic carbocycles. The van der Waals surface area contributed by atoms with Gasteiger partial charge in [-0.05, 0) is 18.6 Å². The van der Waals surface area contributed by atoms with Crippen molar-refractivity contribution in [3.63, 3.8) is 0 Å². The van der Waals surface area contributed by atoms with Crippen LogP contribution in [0.4, 0.5) is 4.39 Å². The van der Waals surface area contributed by atoms with Gasteiger partial charge in [-0.3, -0.25) is 4.79 Å². The van der Waals surface area contributed by atoms with Gasteiger partial charge in [-0.2, -0.15) is 5.26 Å². The lowest BCUT2D eigenvalue weighted by atomic mass is 10.2. The van der Waals surface area contributed by atoms with Crippen molar-refractivity contribution in [1.29, 1.82) is 5.26 Å². The van der Waals surface area contributed by atoms with E-state index in [-0.39, 0.29) is 11.3 Å². The maximum absolute atomic E-state index is 13.2. The number of Topliss-reactive ketones (excluding diaryl/α,β-unsaturated/α-hetero) is 1. The molecule has 0 atom stereocenters. The molecule has 0 heterocycles. The summed E-state index contributed by atoms with van der Waals surface area (Å²) in [5.74, 6) is -0.0142. The van der Waals surface area contributed by atoms with E-state index in [4.69, 9.17) is 10.00 Å². The first-order valence-corrected chi connectivity index (χ1v) is 5.51. The quantitative estimate of drug-likeness (QED) is 0.712. The molecule has 90 valence electrons. The van der Waals surface area contributed by atoms with E-state index in [9.17, 15) is 9.18 Å². The van der Waals surface area contributed by atoms with Crippen molar-refractivity contribution >= 4 is 5.78 Å². The van der Waals surface area contributed by atoms with Crippen LogP contribution in [0.15, 0.2) is 18.2 Å². The fourth-order valence-electron chi connectivity index (χ4n) is 1.31. The zero-order chi connectivity index (χ0) is 12.7. The number of nitrogens with zero attached hydrogens (tertiary/aromatic N) is 1. The number of nitriles is 1. The van der Waals surface area contributed by atoms with Crippen LogP contribution in [0.2, 0.25) is 0 Å². The molecule has 0 fully saturated rings. The summed E-state index contributed by atoms with van der Waals surface area (Å²) in [6, 6.07) is 5.84. The maximum atomic E-state index is 13.2. The first-order chi connectivity index (χ1) is 8.17. The lowest BCUT2D eigenvalue weighted by Crippen LogP contribution is -2.02. The number of benzene rings is 1. The number of halogens is 1. The molecule has 0 amide bonds. The Morgan fingerprint density at radius 1 is 1.53 bits per heavy atom. The van der Waals surface area contributed by atoms with E-state index in [0.29, 0.717) is 31.6 Å². The number of hydrogen-bond donors (Lipinski definition) is 0. The van der Waals surface area contributed by atoms with Crippen LogP contribution < -0.4 is 4.74 Å². The normalized spacial score (nSPS) is 9.71.